The summed E-state index contributed by atoms with van der Waals surface area (Å²) in [5.41, 5.74) is -0.473. The molecule has 2 rings (SSSR count). The van der Waals surface area contributed by atoms with E-state index in [4.69, 9.17) is 4.74 Å². The van der Waals surface area contributed by atoms with Crippen LogP contribution in [0.15, 0.2) is 6.07 Å². The number of piperidine rings is 1. The molecule has 6 nitrogen and oxygen atoms in total. The Bertz CT molecular complexity index is 510. The molecular weight excluding hydrogens is 287 g/mol. The van der Waals surface area contributed by atoms with E-state index in [-0.39, 0.29) is 19.1 Å². The smallest absolute Gasteiger partial charge is 0.248 e. The topological polar surface area (TPSA) is 67.3 Å². The van der Waals surface area contributed by atoms with Gasteiger partial charge >= 0.3 is 0 Å². The molecular formula is C15H23FN4O2. The molecule has 7 heteroatoms. The summed E-state index contributed by atoms with van der Waals surface area (Å²) in [6.07, 6.45) is 0.636. The number of nitrogens with zero attached hydrogens (tertiary/aromatic N) is 3. The molecule has 1 saturated heterocycles. The molecule has 0 unspecified atom stereocenters. The van der Waals surface area contributed by atoms with Gasteiger partial charge in [-0.3, -0.25) is 4.79 Å². The molecule has 0 aliphatic carbocycles. The fourth-order valence-electron chi connectivity index (χ4n) is 2.60. The maximum Gasteiger partial charge on any atom is 0.248 e. The van der Waals surface area contributed by atoms with Crippen molar-refractivity contribution in [2.75, 3.05) is 38.7 Å². The van der Waals surface area contributed by atoms with Crippen molar-refractivity contribution in [1.29, 1.82) is 0 Å². The summed E-state index contributed by atoms with van der Waals surface area (Å²) in [6, 6.07) is 1.80. The Morgan fingerprint density at radius 1 is 1.41 bits per heavy atom. The number of aromatic nitrogens is 2. The number of hydrogen-bond acceptors (Lipinski definition) is 5. The van der Waals surface area contributed by atoms with Crippen LogP contribution in [-0.4, -0.2) is 59.8 Å². The normalized spacial score (nSPS) is 17.4. The van der Waals surface area contributed by atoms with Crippen LogP contribution in [0.25, 0.3) is 0 Å². The molecule has 0 saturated carbocycles. The van der Waals surface area contributed by atoms with E-state index in [2.05, 4.69) is 15.3 Å². The molecule has 2 heterocycles. The molecule has 1 aromatic heterocycles. The largest absolute Gasteiger partial charge is 0.375 e. The number of amides is 1. The number of likely N-dealkylation sites (tertiary alicyclic amines) is 1. The van der Waals surface area contributed by atoms with E-state index in [0.717, 1.165) is 5.69 Å². The van der Waals surface area contributed by atoms with Crippen molar-refractivity contribution >= 4 is 11.7 Å². The van der Waals surface area contributed by atoms with Gasteiger partial charge in [0.05, 0.1) is 6.54 Å². The van der Waals surface area contributed by atoms with Gasteiger partial charge < -0.3 is 15.0 Å². The molecule has 1 aromatic rings. The first-order chi connectivity index (χ1) is 10.4. The lowest BCUT2D eigenvalue weighted by Crippen LogP contribution is -2.48. The van der Waals surface area contributed by atoms with Gasteiger partial charge in [0.2, 0.25) is 5.91 Å². The lowest BCUT2D eigenvalue weighted by atomic mass is 9.93. The van der Waals surface area contributed by atoms with Gasteiger partial charge in [-0.15, -0.1) is 0 Å². The average Bonchev–Trinajstić information content (AvgIpc) is 2.45. The summed E-state index contributed by atoms with van der Waals surface area (Å²) >= 11 is 0. The van der Waals surface area contributed by atoms with Crippen LogP contribution in [0.2, 0.25) is 0 Å². The Morgan fingerprint density at radius 3 is 2.68 bits per heavy atom. The monoisotopic (exact) mass is 310 g/mol. The number of nitrogens with one attached hydrogen (secondary N) is 1. The molecule has 1 fully saturated rings. The van der Waals surface area contributed by atoms with Crippen LogP contribution in [0.3, 0.4) is 0 Å². The number of rotatable bonds is 5. The van der Waals surface area contributed by atoms with E-state index in [1.165, 1.54) is 7.11 Å². The van der Waals surface area contributed by atoms with Crippen molar-refractivity contribution in [2.45, 2.75) is 32.4 Å². The van der Waals surface area contributed by atoms with E-state index >= 15 is 0 Å². The predicted octanol–water partition coefficient (Wildman–Crippen LogP) is 1.48. The summed E-state index contributed by atoms with van der Waals surface area (Å²) in [5, 5.41) is 3.05. The van der Waals surface area contributed by atoms with Gasteiger partial charge in [0.25, 0.3) is 0 Å². The number of alkyl halides is 1. The van der Waals surface area contributed by atoms with Crippen molar-refractivity contribution in [2.24, 2.45) is 0 Å². The molecule has 0 atom stereocenters. The third-order valence-corrected chi connectivity index (χ3v) is 3.83. The highest BCUT2D eigenvalue weighted by atomic mass is 19.1. The molecule has 0 radical (unpaired) electrons. The molecule has 122 valence electrons. The van der Waals surface area contributed by atoms with Crippen LogP contribution in [0.4, 0.5) is 10.2 Å². The fourth-order valence-corrected chi connectivity index (χ4v) is 2.60. The number of ether oxygens (including phenoxy) is 1. The number of carbonyl (C=O) groups excluding carboxylic acids is 1. The standard InChI is InChI=1S/C15H23FN4O2/c1-11-8-13(19-12(2)18-11)17-10-15(16)4-6-20(7-5-15)14(21)9-22-3/h8H,4-7,9-10H2,1-3H3,(H,17,18,19). The highest BCUT2D eigenvalue weighted by molar-refractivity contribution is 5.77. The summed E-state index contributed by atoms with van der Waals surface area (Å²) in [6.45, 7) is 4.77. The lowest BCUT2D eigenvalue weighted by molar-refractivity contribution is -0.137. The number of methoxy groups -OCH3 is 1. The van der Waals surface area contributed by atoms with Crippen LogP contribution in [-0.2, 0) is 9.53 Å². The SMILES string of the molecule is COCC(=O)N1CCC(F)(CNc2cc(C)nc(C)n2)CC1. The molecule has 0 spiro atoms. The van der Waals surface area contributed by atoms with Gasteiger partial charge in [-0.25, -0.2) is 14.4 Å². The molecule has 0 bridgehead atoms. The minimum Gasteiger partial charge on any atom is -0.375 e. The summed E-state index contributed by atoms with van der Waals surface area (Å²) < 4.78 is 19.6. The minimum absolute atomic E-state index is 0.0526. The zero-order chi connectivity index (χ0) is 16.2. The van der Waals surface area contributed by atoms with Crippen molar-refractivity contribution in [3.05, 3.63) is 17.6 Å². The Balaban J connectivity index is 1.87. The third kappa shape index (κ3) is 4.37. The van der Waals surface area contributed by atoms with E-state index < -0.39 is 5.67 Å². The van der Waals surface area contributed by atoms with Crippen LogP contribution >= 0.6 is 0 Å². The molecule has 0 aromatic carbocycles. The Kier molecular flexibility index (Phi) is 5.28. The van der Waals surface area contributed by atoms with Gasteiger partial charge in [-0.1, -0.05) is 0 Å². The zero-order valence-corrected chi connectivity index (χ0v) is 13.4. The van der Waals surface area contributed by atoms with Crippen LogP contribution < -0.4 is 5.32 Å². The van der Waals surface area contributed by atoms with Crippen molar-refractivity contribution in [3.63, 3.8) is 0 Å². The second-order valence-electron chi connectivity index (χ2n) is 5.76. The predicted molar refractivity (Wildman–Crippen MR) is 81.5 cm³/mol. The highest BCUT2D eigenvalue weighted by Crippen LogP contribution is 2.27. The Morgan fingerprint density at radius 2 is 2.09 bits per heavy atom. The third-order valence-electron chi connectivity index (χ3n) is 3.83. The van der Waals surface area contributed by atoms with Crippen molar-refractivity contribution in [1.82, 2.24) is 14.9 Å². The quantitative estimate of drug-likeness (QED) is 0.892. The van der Waals surface area contributed by atoms with E-state index in [0.29, 0.717) is 37.6 Å². The number of anilines is 1. The van der Waals surface area contributed by atoms with Gasteiger partial charge in [0, 0.05) is 44.8 Å². The van der Waals surface area contributed by atoms with Crippen molar-refractivity contribution in [3.8, 4) is 0 Å². The van der Waals surface area contributed by atoms with E-state index in [9.17, 15) is 9.18 Å². The zero-order valence-electron chi connectivity index (χ0n) is 13.4. The van der Waals surface area contributed by atoms with Gasteiger partial charge in [0.1, 0.15) is 23.9 Å². The van der Waals surface area contributed by atoms with Crippen molar-refractivity contribution < 1.29 is 13.9 Å². The summed E-state index contributed by atoms with van der Waals surface area (Å²) in [7, 11) is 1.48. The second kappa shape index (κ2) is 7.00. The van der Waals surface area contributed by atoms with E-state index in [1.807, 2.05) is 13.8 Å². The first-order valence-corrected chi connectivity index (χ1v) is 7.44. The first kappa shape index (κ1) is 16.6. The maximum atomic E-state index is 14.8. The van der Waals surface area contributed by atoms with Gasteiger partial charge in [-0.2, -0.15) is 0 Å². The molecule has 1 aliphatic heterocycles. The fraction of sp³-hybridized carbons (Fsp3) is 0.667. The first-order valence-electron chi connectivity index (χ1n) is 7.44. The minimum atomic E-state index is -1.32. The van der Waals surface area contributed by atoms with Crippen LogP contribution in [0.5, 0.6) is 0 Å². The molecule has 1 amide bonds. The molecule has 22 heavy (non-hydrogen) atoms. The van der Waals surface area contributed by atoms with E-state index in [1.54, 1.807) is 11.0 Å². The van der Waals surface area contributed by atoms with Gasteiger partial charge in [-0.05, 0) is 13.8 Å². The Labute approximate surface area is 130 Å². The van der Waals surface area contributed by atoms with Crippen LogP contribution in [0, 0.1) is 13.8 Å². The second-order valence-corrected chi connectivity index (χ2v) is 5.76. The van der Waals surface area contributed by atoms with Crippen LogP contribution in [0.1, 0.15) is 24.4 Å². The summed E-state index contributed by atoms with van der Waals surface area (Å²) in [5.74, 6) is 1.22. The lowest BCUT2D eigenvalue weighted by Gasteiger charge is -2.36. The number of aryl methyl sites for hydroxylation is 2. The molecule has 1 N–H and O–H groups in total. The highest BCUT2D eigenvalue weighted by Gasteiger charge is 2.35. The maximum absolute atomic E-state index is 14.8. The summed E-state index contributed by atoms with van der Waals surface area (Å²) in [4.78, 5) is 21.8. The number of halogens is 1. The average molecular weight is 310 g/mol. The molecule has 1 aliphatic rings. The van der Waals surface area contributed by atoms with Gasteiger partial charge in [0.15, 0.2) is 0 Å². The Hall–Kier alpha value is -1.76. The number of hydrogen-bond donors (Lipinski definition) is 1. The number of carbonyl (C=O) groups is 1.